The molecule has 0 aliphatic carbocycles. The fraction of sp³-hybridized carbons (Fsp3) is 0.700. The van der Waals surface area contributed by atoms with Crippen LogP contribution in [-0.4, -0.2) is 78.1 Å². The highest BCUT2D eigenvalue weighted by molar-refractivity contribution is 5.96. The standard InChI is InChI=1S/C10H16N4O4/c15-8(14-4-2-12-10(14)18)6-13-3-1-11-5-7(13)9(16)17/h7,11H,1-6H2,(H,12,18)(H,16,17). The van der Waals surface area contributed by atoms with Gasteiger partial charge in [0.05, 0.1) is 6.54 Å². The summed E-state index contributed by atoms with van der Waals surface area (Å²) in [6.45, 7) is 2.21. The molecule has 8 nitrogen and oxygen atoms in total. The lowest BCUT2D eigenvalue weighted by molar-refractivity contribution is -0.145. The molecule has 2 aliphatic rings. The van der Waals surface area contributed by atoms with Crippen molar-refractivity contribution in [3.05, 3.63) is 0 Å². The van der Waals surface area contributed by atoms with Crippen molar-refractivity contribution in [2.24, 2.45) is 0 Å². The topological polar surface area (TPSA) is 102 Å². The second-order valence-electron chi connectivity index (χ2n) is 4.31. The van der Waals surface area contributed by atoms with Gasteiger partial charge in [0.15, 0.2) is 0 Å². The Balaban J connectivity index is 1.96. The van der Waals surface area contributed by atoms with Gasteiger partial charge in [-0.2, -0.15) is 0 Å². The minimum atomic E-state index is -0.958. The van der Waals surface area contributed by atoms with Crippen molar-refractivity contribution in [3.8, 4) is 0 Å². The summed E-state index contributed by atoms with van der Waals surface area (Å²) >= 11 is 0. The fourth-order valence-electron chi connectivity index (χ4n) is 2.15. The van der Waals surface area contributed by atoms with Crippen LogP contribution < -0.4 is 10.6 Å². The van der Waals surface area contributed by atoms with Crippen LogP contribution in [0.3, 0.4) is 0 Å². The molecule has 1 atom stereocenters. The van der Waals surface area contributed by atoms with E-state index in [9.17, 15) is 14.4 Å². The van der Waals surface area contributed by atoms with Crippen LogP contribution in [0.15, 0.2) is 0 Å². The molecule has 0 saturated carbocycles. The summed E-state index contributed by atoms with van der Waals surface area (Å²) in [6.07, 6.45) is 0. The zero-order chi connectivity index (χ0) is 13.1. The lowest BCUT2D eigenvalue weighted by Gasteiger charge is -2.33. The molecule has 2 saturated heterocycles. The molecule has 0 bridgehead atoms. The highest BCUT2D eigenvalue weighted by Gasteiger charge is 2.33. The van der Waals surface area contributed by atoms with E-state index in [1.807, 2.05) is 0 Å². The summed E-state index contributed by atoms with van der Waals surface area (Å²) in [6, 6.07) is -1.12. The lowest BCUT2D eigenvalue weighted by atomic mass is 10.2. The number of carboxylic acids is 1. The molecule has 0 aromatic rings. The Labute approximate surface area is 104 Å². The predicted octanol–water partition coefficient (Wildman–Crippen LogP) is -2.10. The summed E-state index contributed by atoms with van der Waals surface area (Å²) in [4.78, 5) is 37.0. The summed E-state index contributed by atoms with van der Waals surface area (Å²) < 4.78 is 0. The molecule has 2 aliphatic heterocycles. The van der Waals surface area contributed by atoms with E-state index >= 15 is 0 Å². The van der Waals surface area contributed by atoms with Crippen LogP contribution in [0.25, 0.3) is 0 Å². The Morgan fingerprint density at radius 1 is 1.33 bits per heavy atom. The van der Waals surface area contributed by atoms with Crippen molar-refractivity contribution in [2.75, 3.05) is 39.3 Å². The first-order valence-electron chi connectivity index (χ1n) is 5.85. The SMILES string of the molecule is O=C(O)C1CNCCN1CC(=O)N1CCNC1=O. The van der Waals surface area contributed by atoms with Crippen molar-refractivity contribution >= 4 is 17.9 Å². The normalized spacial score (nSPS) is 25.0. The van der Waals surface area contributed by atoms with Crippen molar-refractivity contribution in [1.82, 2.24) is 20.4 Å². The highest BCUT2D eigenvalue weighted by Crippen LogP contribution is 2.06. The number of piperazine rings is 1. The molecular formula is C10H16N4O4. The molecule has 8 heteroatoms. The Bertz CT molecular complexity index is 373. The molecule has 0 aromatic heterocycles. The zero-order valence-electron chi connectivity index (χ0n) is 9.89. The summed E-state index contributed by atoms with van der Waals surface area (Å²) in [5, 5.41) is 14.6. The maximum Gasteiger partial charge on any atom is 0.324 e. The predicted molar refractivity (Wildman–Crippen MR) is 61.0 cm³/mol. The molecule has 0 spiro atoms. The van der Waals surface area contributed by atoms with Gasteiger partial charge in [-0.25, -0.2) is 4.79 Å². The van der Waals surface area contributed by atoms with Crippen LogP contribution in [0.4, 0.5) is 4.79 Å². The van der Waals surface area contributed by atoms with Gasteiger partial charge in [-0.15, -0.1) is 0 Å². The number of rotatable bonds is 3. The van der Waals surface area contributed by atoms with Crippen LogP contribution in [0.5, 0.6) is 0 Å². The van der Waals surface area contributed by atoms with E-state index in [0.29, 0.717) is 32.7 Å². The Kier molecular flexibility index (Phi) is 3.78. The molecule has 0 aromatic carbocycles. The van der Waals surface area contributed by atoms with Gasteiger partial charge < -0.3 is 15.7 Å². The molecule has 3 amide bonds. The summed E-state index contributed by atoms with van der Waals surface area (Å²) in [7, 11) is 0. The number of nitrogens with zero attached hydrogens (tertiary/aromatic N) is 2. The number of nitrogens with one attached hydrogen (secondary N) is 2. The lowest BCUT2D eigenvalue weighted by Crippen LogP contribution is -2.57. The van der Waals surface area contributed by atoms with Gasteiger partial charge in [0.2, 0.25) is 5.91 Å². The Morgan fingerprint density at radius 3 is 2.72 bits per heavy atom. The van der Waals surface area contributed by atoms with Gasteiger partial charge in [-0.05, 0) is 0 Å². The van der Waals surface area contributed by atoms with Gasteiger partial charge in [0.1, 0.15) is 6.04 Å². The van der Waals surface area contributed by atoms with Gasteiger partial charge in [-0.3, -0.25) is 19.4 Å². The minimum Gasteiger partial charge on any atom is -0.480 e. The van der Waals surface area contributed by atoms with E-state index in [1.54, 1.807) is 4.90 Å². The molecule has 0 radical (unpaired) electrons. The zero-order valence-corrected chi connectivity index (χ0v) is 9.89. The van der Waals surface area contributed by atoms with E-state index in [1.165, 1.54) is 0 Å². The maximum atomic E-state index is 11.9. The molecule has 18 heavy (non-hydrogen) atoms. The van der Waals surface area contributed by atoms with Crippen molar-refractivity contribution in [1.29, 1.82) is 0 Å². The number of carboxylic acid groups (broad SMARTS) is 1. The van der Waals surface area contributed by atoms with Gasteiger partial charge in [0.25, 0.3) is 0 Å². The Hall–Kier alpha value is -1.67. The van der Waals surface area contributed by atoms with E-state index < -0.39 is 18.0 Å². The minimum absolute atomic E-state index is 0.0356. The Morgan fingerprint density at radius 2 is 2.11 bits per heavy atom. The van der Waals surface area contributed by atoms with Crippen LogP contribution in [0.1, 0.15) is 0 Å². The largest absolute Gasteiger partial charge is 0.480 e. The van der Waals surface area contributed by atoms with E-state index in [0.717, 1.165) is 4.90 Å². The monoisotopic (exact) mass is 256 g/mol. The number of imide groups is 1. The number of hydrogen-bond donors (Lipinski definition) is 3. The van der Waals surface area contributed by atoms with Crippen LogP contribution in [0.2, 0.25) is 0 Å². The molecule has 1 unspecified atom stereocenters. The van der Waals surface area contributed by atoms with Crippen LogP contribution >= 0.6 is 0 Å². The number of urea groups is 1. The smallest absolute Gasteiger partial charge is 0.324 e. The molecule has 3 N–H and O–H groups in total. The first-order chi connectivity index (χ1) is 8.59. The van der Waals surface area contributed by atoms with E-state index in [-0.39, 0.29) is 12.5 Å². The van der Waals surface area contributed by atoms with E-state index in [2.05, 4.69) is 10.6 Å². The van der Waals surface area contributed by atoms with Gasteiger partial charge in [-0.1, -0.05) is 0 Å². The number of amides is 3. The molecule has 2 fully saturated rings. The average molecular weight is 256 g/mol. The van der Waals surface area contributed by atoms with Gasteiger partial charge >= 0.3 is 12.0 Å². The fourth-order valence-corrected chi connectivity index (χ4v) is 2.15. The third-order valence-corrected chi connectivity index (χ3v) is 3.14. The first-order valence-corrected chi connectivity index (χ1v) is 5.85. The summed E-state index contributed by atoms with van der Waals surface area (Å²) in [5.41, 5.74) is 0. The van der Waals surface area contributed by atoms with Crippen molar-refractivity contribution in [2.45, 2.75) is 6.04 Å². The molecule has 2 rings (SSSR count). The number of aliphatic carboxylic acids is 1. The van der Waals surface area contributed by atoms with Crippen molar-refractivity contribution in [3.63, 3.8) is 0 Å². The van der Waals surface area contributed by atoms with Crippen LogP contribution in [-0.2, 0) is 9.59 Å². The average Bonchev–Trinajstić information content (AvgIpc) is 2.76. The number of carbonyl (C=O) groups excluding carboxylic acids is 2. The second kappa shape index (κ2) is 5.32. The molecule has 100 valence electrons. The van der Waals surface area contributed by atoms with Crippen molar-refractivity contribution < 1.29 is 19.5 Å². The molecule has 2 heterocycles. The highest BCUT2D eigenvalue weighted by atomic mass is 16.4. The second-order valence-corrected chi connectivity index (χ2v) is 4.31. The maximum absolute atomic E-state index is 11.9. The van der Waals surface area contributed by atoms with Crippen LogP contribution in [0, 0.1) is 0 Å². The van der Waals surface area contributed by atoms with E-state index in [4.69, 9.17) is 5.11 Å². The number of carbonyl (C=O) groups is 3. The molecular weight excluding hydrogens is 240 g/mol. The number of hydrogen-bond acceptors (Lipinski definition) is 5. The third kappa shape index (κ3) is 2.59. The quantitative estimate of drug-likeness (QED) is 0.534. The first kappa shape index (κ1) is 12.8. The third-order valence-electron chi connectivity index (χ3n) is 3.14. The van der Waals surface area contributed by atoms with Gasteiger partial charge in [0, 0.05) is 32.7 Å². The summed E-state index contributed by atoms with van der Waals surface area (Å²) in [5.74, 6) is -1.31.